The molecule has 562 valence electrons. The van der Waals surface area contributed by atoms with Crippen LogP contribution in [0, 0.1) is 0 Å². The number of aromatic nitrogens is 3. The lowest BCUT2D eigenvalue weighted by atomic mass is 9.98. The number of hydrogen-bond acceptors (Lipinski definition) is 15. The summed E-state index contributed by atoms with van der Waals surface area (Å²) in [6.45, 7) is 6.44. The van der Waals surface area contributed by atoms with Crippen LogP contribution in [0.2, 0.25) is 0 Å². The van der Waals surface area contributed by atoms with Gasteiger partial charge < -0.3 is 44.4 Å². The van der Waals surface area contributed by atoms with E-state index in [4.69, 9.17) is 9.47 Å². The number of nitrogens with zero attached hydrogens (tertiary/aromatic N) is 11. The number of carbonyl (C=O) groups excluding carboxylic acids is 5. The largest absolute Gasteiger partial charge is 0.502 e. The molecule has 6 heterocycles. The Morgan fingerprint density at radius 3 is 0.936 bits per heavy atom. The first-order valence-electron chi connectivity index (χ1n) is 36.3. The molecule has 0 atom stereocenters. The molecule has 23 nitrogen and oxygen atoms in total. The van der Waals surface area contributed by atoms with E-state index in [9.17, 15) is 43.5 Å². The highest BCUT2D eigenvalue weighted by atomic mass is 16.5. The van der Waals surface area contributed by atoms with Crippen molar-refractivity contribution in [2.75, 3.05) is 95.4 Å². The molecule has 2 N–H and O–H groups in total. The number of aromatic hydroxyl groups is 1. The molecule has 0 radical (unpaired) electrons. The fourth-order valence-electron chi connectivity index (χ4n) is 13.5. The Labute approximate surface area is 638 Å². The Bertz CT molecular complexity index is 5020. The molecule has 0 bridgehead atoms. The SMILES string of the molecule is CC(=O)N(C)CCN1CN(C(c2ccccc2)c2ccccc2)n2ccc(=O)c(O)c2C1=O.CC(=O)N(C)CCN1CN(C(c2ccccc2)c2ccccc2)n2ccc(=O)c(OCc3ccccc3)c2C1=O.CNCCN1CN(C(c2ccccc2)c2ccccc2)n2ccc(=O)c(OCc3ccccc3)c2C1=O. The number of carbonyl (C=O) groups is 5. The van der Waals surface area contributed by atoms with E-state index in [0.717, 1.165) is 44.5 Å². The molecule has 14 rings (SSSR count). The lowest BCUT2D eigenvalue weighted by Crippen LogP contribution is -2.56. The van der Waals surface area contributed by atoms with Crippen LogP contribution in [0.15, 0.2) is 294 Å². The first-order chi connectivity index (χ1) is 53.5. The maximum atomic E-state index is 14.0. The summed E-state index contributed by atoms with van der Waals surface area (Å²) in [6, 6.07) is 82.7. The molecule has 0 spiro atoms. The second-order valence-electron chi connectivity index (χ2n) is 26.8. The number of rotatable bonds is 24. The van der Waals surface area contributed by atoms with Gasteiger partial charge >= 0.3 is 0 Å². The third-order valence-electron chi connectivity index (χ3n) is 19.5. The van der Waals surface area contributed by atoms with Crippen LogP contribution < -0.4 is 46.1 Å². The zero-order valence-electron chi connectivity index (χ0n) is 62.0. The van der Waals surface area contributed by atoms with Gasteiger partial charge in [0.2, 0.25) is 28.1 Å². The molecule has 0 saturated heterocycles. The van der Waals surface area contributed by atoms with Crippen molar-refractivity contribution < 1.29 is 38.6 Å². The summed E-state index contributed by atoms with van der Waals surface area (Å²) in [5.41, 5.74) is 7.01. The molecule has 3 aliphatic heterocycles. The Hall–Kier alpha value is -13.3. The summed E-state index contributed by atoms with van der Waals surface area (Å²) >= 11 is 0. The van der Waals surface area contributed by atoms with Gasteiger partial charge in [0.1, 0.15) is 33.2 Å². The topological polar surface area (TPSA) is 228 Å². The van der Waals surface area contributed by atoms with E-state index in [1.807, 2.05) is 206 Å². The van der Waals surface area contributed by atoms with Crippen molar-refractivity contribution in [3.05, 3.63) is 372 Å². The molecule has 3 aromatic heterocycles. The van der Waals surface area contributed by atoms with Crippen molar-refractivity contribution in [3.63, 3.8) is 0 Å². The van der Waals surface area contributed by atoms with E-state index in [0.29, 0.717) is 39.4 Å². The maximum absolute atomic E-state index is 14.0. The van der Waals surface area contributed by atoms with Crippen LogP contribution in [0.3, 0.4) is 0 Å². The van der Waals surface area contributed by atoms with Crippen LogP contribution in [0.1, 0.15) is 108 Å². The summed E-state index contributed by atoms with van der Waals surface area (Å²) in [5, 5.41) is 19.8. The van der Waals surface area contributed by atoms with Crippen molar-refractivity contribution in [1.29, 1.82) is 0 Å². The Morgan fingerprint density at radius 2 is 0.645 bits per heavy atom. The second-order valence-corrected chi connectivity index (χ2v) is 26.8. The van der Waals surface area contributed by atoms with E-state index in [-0.39, 0.29) is 114 Å². The second kappa shape index (κ2) is 35.9. The summed E-state index contributed by atoms with van der Waals surface area (Å²) in [7, 11) is 5.23. The minimum Gasteiger partial charge on any atom is -0.502 e. The number of pyridine rings is 3. The maximum Gasteiger partial charge on any atom is 0.277 e. The van der Waals surface area contributed by atoms with Crippen molar-refractivity contribution >= 4 is 29.5 Å². The highest BCUT2D eigenvalue weighted by Crippen LogP contribution is 2.36. The van der Waals surface area contributed by atoms with Gasteiger partial charge in [-0.3, -0.25) is 67.4 Å². The number of hydrogen-bond donors (Lipinski definition) is 2. The van der Waals surface area contributed by atoms with E-state index < -0.39 is 17.1 Å². The van der Waals surface area contributed by atoms with Crippen molar-refractivity contribution in [1.82, 2.24) is 43.8 Å². The number of benzene rings is 8. The van der Waals surface area contributed by atoms with Crippen molar-refractivity contribution in [3.8, 4) is 17.2 Å². The van der Waals surface area contributed by atoms with Gasteiger partial charge in [0, 0.05) is 104 Å². The highest BCUT2D eigenvalue weighted by molar-refractivity contribution is 5.98. The normalized spacial score (nSPS) is 13.0. The first kappa shape index (κ1) is 76.4. The molecular weight excluding hydrogens is 1390 g/mol. The van der Waals surface area contributed by atoms with Crippen LogP contribution in [0.25, 0.3) is 0 Å². The molecule has 110 heavy (non-hydrogen) atoms. The van der Waals surface area contributed by atoms with E-state index in [1.54, 1.807) is 60.1 Å². The summed E-state index contributed by atoms with van der Waals surface area (Å²) < 4.78 is 17.2. The van der Waals surface area contributed by atoms with Crippen molar-refractivity contribution in [2.24, 2.45) is 0 Å². The molecule has 23 heteroatoms. The summed E-state index contributed by atoms with van der Waals surface area (Å²) in [4.78, 5) is 111. The summed E-state index contributed by atoms with van der Waals surface area (Å²) in [5.74, 6) is -1.73. The van der Waals surface area contributed by atoms with Gasteiger partial charge in [-0.05, 0) is 51.6 Å². The van der Waals surface area contributed by atoms with Crippen LogP contribution in [0.5, 0.6) is 17.2 Å². The number of amides is 5. The fraction of sp³-hybridized carbons (Fsp3) is 0.218. The quantitative estimate of drug-likeness (QED) is 0.0574. The predicted molar refractivity (Wildman–Crippen MR) is 422 cm³/mol. The third-order valence-corrected chi connectivity index (χ3v) is 19.5. The van der Waals surface area contributed by atoms with Gasteiger partial charge in [-0.1, -0.05) is 243 Å². The molecule has 8 aromatic carbocycles. The molecule has 0 fully saturated rings. The molecular formula is C87H88N12O11. The third kappa shape index (κ3) is 17.6. The number of nitrogens with one attached hydrogen (secondary N) is 1. The smallest absolute Gasteiger partial charge is 0.277 e. The molecule has 11 aromatic rings. The van der Waals surface area contributed by atoms with Crippen LogP contribution in [-0.4, -0.2) is 154 Å². The minimum atomic E-state index is -0.617. The highest BCUT2D eigenvalue weighted by Gasteiger charge is 2.41. The van der Waals surface area contributed by atoms with E-state index >= 15 is 0 Å². The number of ether oxygens (including phenoxy) is 2. The van der Waals surface area contributed by atoms with Gasteiger partial charge in [0.05, 0.1) is 18.1 Å². The van der Waals surface area contributed by atoms with Crippen LogP contribution in [0.4, 0.5) is 0 Å². The molecule has 5 amide bonds. The minimum absolute atomic E-state index is 0.00542. The molecule has 3 aliphatic rings. The lowest BCUT2D eigenvalue weighted by Gasteiger charge is -2.44. The van der Waals surface area contributed by atoms with Gasteiger partial charge in [0.25, 0.3) is 17.7 Å². The first-order valence-corrected chi connectivity index (χ1v) is 36.3. The van der Waals surface area contributed by atoms with E-state index in [2.05, 4.69) is 63.9 Å². The Morgan fingerprint density at radius 1 is 0.382 bits per heavy atom. The Kier molecular flexibility index (Phi) is 24.9. The monoisotopic (exact) mass is 1480 g/mol. The van der Waals surface area contributed by atoms with Gasteiger partial charge in [-0.15, -0.1) is 0 Å². The fourth-order valence-corrected chi connectivity index (χ4v) is 13.5. The lowest BCUT2D eigenvalue weighted by molar-refractivity contribution is -0.128. The molecule has 0 saturated carbocycles. The average Bonchev–Trinajstić information content (AvgIpc) is 0.764. The van der Waals surface area contributed by atoms with Crippen LogP contribution in [-0.2, 0) is 22.8 Å². The Balaban J connectivity index is 0.000000154. The number of likely N-dealkylation sites (N-methyl/N-ethyl adjacent to an activating group) is 3. The predicted octanol–water partition coefficient (Wildman–Crippen LogP) is 10.0. The summed E-state index contributed by atoms with van der Waals surface area (Å²) in [6.07, 6.45) is 4.84. The number of fused-ring (bicyclic) bond motifs is 3. The van der Waals surface area contributed by atoms with Crippen LogP contribution >= 0.6 is 0 Å². The van der Waals surface area contributed by atoms with Gasteiger partial charge in [0.15, 0.2) is 34.3 Å². The van der Waals surface area contributed by atoms with Crippen molar-refractivity contribution in [2.45, 2.75) is 45.2 Å². The van der Waals surface area contributed by atoms with Gasteiger partial charge in [-0.2, -0.15) is 0 Å². The van der Waals surface area contributed by atoms with Gasteiger partial charge in [-0.25, -0.2) is 0 Å². The zero-order chi connectivity index (χ0) is 77.2. The van der Waals surface area contributed by atoms with E-state index in [1.165, 1.54) is 43.1 Å². The average molecular weight is 1480 g/mol. The molecule has 0 unspecified atom stereocenters. The molecule has 0 aliphatic carbocycles. The standard InChI is InChI=1S/C32H32N4O4.C30H30N4O3.C25H26N4O4/c1-24(37)33(2)20-21-34-23-36(29(26-14-8-4-9-15-26)27-16-10-5-11-17-27)35-19-18-28(38)31(30(35)32(34)39)40-22-25-12-6-3-7-13-25;1-31-18-20-32-22-34(27(24-13-7-3-8-14-24)25-15-9-4-10-16-25)33-19-17-26(35)29(28(33)30(32)36)37-21-23-11-5-2-6-12-23;1-18(30)26(2)15-16-27-17-29(28-14-13-21(31)24(32)23(28)25(27)33)22(19-9-5-3-6-10-19)20-11-7-4-8-12-20/h3-19,29H,20-23H2,1-2H3;2-17,19,27,31H,18,20-22H2,1H3;3-14,22,32H,15-17H2,1-2H3. The zero-order valence-corrected chi connectivity index (χ0v) is 62.0.